The van der Waals surface area contributed by atoms with Gasteiger partial charge in [-0.05, 0) is 20.8 Å². The summed E-state index contributed by atoms with van der Waals surface area (Å²) in [5.41, 5.74) is 0.285. The molecule has 0 aliphatic carbocycles. The first kappa shape index (κ1) is 13.8. The van der Waals surface area contributed by atoms with E-state index in [9.17, 15) is 9.90 Å². The van der Waals surface area contributed by atoms with Crippen LogP contribution in [0.4, 0.5) is 4.79 Å². The van der Waals surface area contributed by atoms with E-state index in [1.54, 1.807) is 17.9 Å². The van der Waals surface area contributed by atoms with Crippen LogP contribution >= 0.6 is 0 Å². The van der Waals surface area contributed by atoms with Crippen molar-refractivity contribution in [2.45, 2.75) is 38.4 Å². The van der Waals surface area contributed by atoms with Crippen LogP contribution in [0.25, 0.3) is 0 Å². The van der Waals surface area contributed by atoms with Gasteiger partial charge in [-0.2, -0.15) is 0 Å². The highest BCUT2D eigenvalue weighted by Gasteiger charge is 2.38. The van der Waals surface area contributed by atoms with Crippen molar-refractivity contribution >= 4 is 6.09 Å². The summed E-state index contributed by atoms with van der Waals surface area (Å²) in [5, 5.41) is 17.7. The average Bonchev–Trinajstić information content (AvgIpc) is 2.82. The molecular weight excluding hydrogens is 248 g/mol. The van der Waals surface area contributed by atoms with Gasteiger partial charge in [0.15, 0.2) is 0 Å². The molecular formula is C12H20N4O3. The first-order valence-electron chi connectivity index (χ1n) is 6.28. The van der Waals surface area contributed by atoms with Crippen molar-refractivity contribution in [2.75, 3.05) is 13.1 Å². The van der Waals surface area contributed by atoms with Crippen molar-refractivity contribution in [1.82, 2.24) is 19.9 Å². The molecule has 2 rings (SSSR count). The van der Waals surface area contributed by atoms with Crippen molar-refractivity contribution in [3.8, 4) is 0 Å². The third kappa shape index (κ3) is 3.04. The molecule has 0 saturated carbocycles. The molecule has 1 saturated heterocycles. The molecule has 0 spiro atoms. The molecule has 7 nitrogen and oxygen atoms in total. The van der Waals surface area contributed by atoms with Crippen LogP contribution in [0.5, 0.6) is 0 Å². The fraction of sp³-hybridized carbons (Fsp3) is 0.750. The van der Waals surface area contributed by atoms with Gasteiger partial charge in [0, 0.05) is 19.5 Å². The SMILES string of the molecule is Cn1nncc1[C@@H]1CN(C(=O)OC(C)(C)C)C[C@H]1O. The minimum Gasteiger partial charge on any atom is -0.444 e. The lowest BCUT2D eigenvalue weighted by Gasteiger charge is -2.24. The van der Waals surface area contributed by atoms with Crippen molar-refractivity contribution in [3.63, 3.8) is 0 Å². The zero-order valence-electron chi connectivity index (χ0n) is 11.7. The third-order valence-corrected chi connectivity index (χ3v) is 3.07. The van der Waals surface area contributed by atoms with Crippen LogP contribution in [0.15, 0.2) is 6.20 Å². The van der Waals surface area contributed by atoms with Crippen LogP contribution in [-0.4, -0.2) is 55.9 Å². The quantitative estimate of drug-likeness (QED) is 0.802. The molecule has 1 aliphatic heterocycles. The number of hydrogen-bond donors (Lipinski definition) is 1. The van der Waals surface area contributed by atoms with Crippen LogP contribution in [0.3, 0.4) is 0 Å². The van der Waals surface area contributed by atoms with Crippen molar-refractivity contribution in [1.29, 1.82) is 0 Å². The Morgan fingerprint density at radius 2 is 2.16 bits per heavy atom. The summed E-state index contributed by atoms with van der Waals surface area (Å²) in [4.78, 5) is 13.5. The second-order valence-corrected chi connectivity index (χ2v) is 5.84. The Bertz CT molecular complexity index is 466. The number of likely N-dealkylation sites (tertiary alicyclic amines) is 1. The maximum Gasteiger partial charge on any atom is 0.410 e. The number of carbonyl (C=O) groups is 1. The first-order chi connectivity index (χ1) is 8.78. The Labute approximate surface area is 112 Å². The van der Waals surface area contributed by atoms with E-state index in [1.165, 1.54) is 4.90 Å². The molecule has 19 heavy (non-hydrogen) atoms. The monoisotopic (exact) mass is 268 g/mol. The van der Waals surface area contributed by atoms with Gasteiger partial charge in [0.1, 0.15) is 5.60 Å². The Morgan fingerprint density at radius 1 is 1.47 bits per heavy atom. The molecule has 0 aromatic carbocycles. The van der Waals surface area contributed by atoms with Gasteiger partial charge in [-0.15, -0.1) is 5.10 Å². The lowest BCUT2D eigenvalue weighted by Crippen LogP contribution is -2.35. The first-order valence-corrected chi connectivity index (χ1v) is 6.28. The van der Waals surface area contributed by atoms with Gasteiger partial charge < -0.3 is 14.7 Å². The number of nitrogens with zero attached hydrogens (tertiary/aromatic N) is 4. The molecule has 0 bridgehead atoms. The third-order valence-electron chi connectivity index (χ3n) is 3.07. The number of aryl methyl sites for hydroxylation is 1. The van der Waals surface area contributed by atoms with Crippen LogP contribution in [0, 0.1) is 0 Å². The largest absolute Gasteiger partial charge is 0.444 e. The summed E-state index contributed by atoms with van der Waals surface area (Å²) < 4.78 is 6.92. The van der Waals surface area contributed by atoms with Crippen LogP contribution in [0.1, 0.15) is 32.4 Å². The van der Waals surface area contributed by atoms with E-state index in [2.05, 4.69) is 10.3 Å². The second kappa shape index (κ2) is 4.80. The van der Waals surface area contributed by atoms with Gasteiger partial charge in [-0.3, -0.25) is 4.68 Å². The van der Waals surface area contributed by atoms with E-state index in [-0.39, 0.29) is 12.5 Å². The van der Waals surface area contributed by atoms with Gasteiger partial charge in [0.2, 0.25) is 0 Å². The molecule has 1 aromatic heterocycles. The van der Waals surface area contributed by atoms with Gasteiger partial charge >= 0.3 is 6.09 Å². The molecule has 2 atom stereocenters. The minimum atomic E-state index is -0.621. The van der Waals surface area contributed by atoms with Crippen LogP contribution in [0.2, 0.25) is 0 Å². The Morgan fingerprint density at radius 3 is 2.68 bits per heavy atom. The Balaban J connectivity index is 2.06. The number of carbonyl (C=O) groups excluding carboxylic acids is 1. The average molecular weight is 268 g/mol. The predicted octanol–water partition coefficient (Wildman–Crippen LogP) is 0.510. The maximum atomic E-state index is 12.0. The molecule has 106 valence electrons. The zero-order chi connectivity index (χ0) is 14.2. The molecule has 1 fully saturated rings. The number of aromatic nitrogens is 3. The van der Waals surface area contributed by atoms with E-state index < -0.39 is 17.8 Å². The molecule has 1 aromatic rings. The van der Waals surface area contributed by atoms with Gasteiger partial charge in [0.05, 0.1) is 24.5 Å². The Hall–Kier alpha value is -1.63. The van der Waals surface area contributed by atoms with Crippen LogP contribution < -0.4 is 0 Å². The maximum absolute atomic E-state index is 12.0. The highest BCUT2D eigenvalue weighted by atomic mass is 16.6. The molecule has 0 unspecified atom stereocenters. The zero-order valence-corrected chi connectivity index (χ0v) is 11.7. The second-order valence-electron chi connectivity index (χ2n) is 5.84. The van der Waals surface area contributed by atoms with E-state index in [0.29, 0.717) is 6.54 Å². The highest BCUT2D eigenvalue weighted by molar-refractivity contribution is 5.68. The van der Waals surface area contributed by atoms with Gasteiger partial charge in [0.25, 0.3) is 0 Å². The highest BCUT2D eigenvalue weighted by Crippen LogP contribution is 2.27. The summed E-state index contributed by atoms with van der Waals surface area (Å²) in [5.74, 6) is -0.174. The number of rotatable bonds is 1. The van der Waals surface area contributed by atoms with Gasteiger partial charge in [-0.25, -0.2) is 4.79 Å². The van der Waals surface area contributed by atoms with E-state index in [0.717, 1.165) is 5.69 Å². The van der Waals surface area contributed by atoms with Crippen molar-refractivity contribution in [3.05, 3.63) is 11.9 Å². The summed E-state index contributed by atoms with van der Waals surface area (Å²) in [6, 6.07) is 0. The molecule has 1 amide bonds. The van der Waals surface area contributed by atoms with Gasteiger partial charge in [-0.1, -0.05) is 5.21 Å². The van der Waals surface area contributed by atoms with Crippen molar-refractivity contribution in [2.24, 2.45) is 7.05 Å². The fourth-order valence-electron chi connectivity index (χ4n) is 2.19. The molecule has 1 N–H and O–H groups in total. The molecule has 1 aliphatic rings. The normalized spacial score (nSPS) is 23.7. The lowest BCUT2D eigenvalue weighted by molar-refractivity contribution is 0.0270. The Kier molecular flexibility index (Phi) is 3.49. The van der Waals surface area contributed by atoms with Crippen LogP contribution in [-0.2, 0) is 11.8 Å². The lowest BCUT2D eigenvalue weighted by atomic mass is 10.0. The van der Waals surface area contributed by atoms with E-state index >= 15 is 0 Å². The smallest absolute Gasteiger partial charge is 0.410 e. The molecule has 2 heterocycles. The molecule has 0 radical (unpaired) electrons. The number of amides is 1. The summed E-state index contributed by atoms with van der Waals surface area (Å²) in [7, 11) is 1.77. The number of aliphatic hydroxyl groups excluding tert-OH is 1. The summed E-state index contributed by atoms with van der Waals surface area (Å²) >= 11 is 0. The molecule has 7 heteroatoms. The number of aliphatic hydroxyl groups is 1. The summed E-state index contributed by atoms with van der Waals surface area (Å²) in [6.07, 6.45) is 0.598. The topological polar surface area (TPSA) is 80.5 Å². The van der Waals surface area contributed by atoms with Crippen molar-refractivity contribution < 1.29 is 14.6 Å². The summed E-state index contributed by atoms with van der Waals surface area (Å²) in [6.45, 7) is 6.14. The van der Waals surface area contributed by atoms with E-state index in [1.807, 2.05) is 20.8 Å². The standard InChI is InChI=1S/C12H20N4O3/c1-12(2,3)19-11(18)16-6-8(10(17)7-16)9-5-13-14-15(9)4/h5,8,10,17H,6-7H2,1-4H3/t8-,10+/m0/s1. The number of ether oxygens (including phenoxy) is 1. The number of β-amino-alcohol motifs (C(OH)–C–C–N with tert-alkyl or cyclic N) is 1. The van der Waals surface area contributed by atoms with E-state index in [4.69, 9.17) is 4.74 Å². The minimum absolute atomic E-state index is 0.174. The fourth-order valence-corrected chi connectivity index (χ4v) is 2.19. The number of hydrogen-bond acceptors (Lipinski definition) is 5. The predicted molar refractivity (Wildman–Crippen MR) is 67.6 cm³/mol.